The Balaban J connectivity index is 5.54. The van der Waals surface area contributed by atoms with Crippen LogP contribution >= 0.6 is 0 Å². The van der Waals surface area contributed by atoms with Gasteiger partial charge in [-0.2, -0.15) is 0 Å². The van der Waals surface area contributed by atoms with Gasteiger partial charge in [-0.1, -0.05) is 0 Å². The summed E-state index contributed by atoms with van der Waals surface area (Å²) in [7, 11) is -3.05. The summed E-state index contributed by atoms with van der Waals surface area (Å²) < 4.78 is 0.819. The number of hydrogen-bond donors (Lipinski definition) is 0. The van der Waals surface area contributed by atoms with Gasteiger partial charge in [-0.15, -0.1) is 0 Å². The molecule has 80 valence electrons. The van der Waals surface area contributed by atoms with Crippen molar-refractivity contribution in [2.24, 2.45) is 0 Å². The van der Waals surface area contributed by atoms with Crippen LogP contribution in [0.1, 0.15) is 0 Å². The van der Waals surface area contributed by atoms with E-state index in [2.05, 4.69) is 58.9 Å². The van der Waals surface area contributed by atoms with Crippen LogP contribution in [0.5, 0.6) is 0 Å². The Labute approximate surface area is 107 Å². The van der Waals surface area contributed by atoms with Gasteiger partial charge in [-0.25, -0.2) is 0 Å². The molecular weight excluding hydrogens is 323 g/mol. The SMILES string of the molecule is C[Si](C)(C)[C]([Sn+3])([Si](C)(C)C)[Si](C)(C)C. The van der Waals surface area contributed by atoms with Gasteiger partial charge in [0.15, 0.2) is 0 Å². The first kappa shape index (κ1) is 15.4. The van der Waals surface area contributed by atoms with Crippen molar-refractivity contribution in [3.05, 3.63) is 0 Å². The fraction of sp³-hybridized carbons (Fsp3) is 1.00. The van der Waals surface area contributed by atoms with E-state index in [1.54, 1.807) is 0 Å². The van der Waals surface area contributed by atoms with Gasteiger partial charge >= 0.3 is 108 Å². The van der Waals surface area contributed by atoms with Crippen molar-refractivity contribution in [2.75, 3.05) is 0 Å². The van der Waals surface area contributed by atoms with Crippen LogP contribution in [0.4, 0.5) is 0 Å². The van der Waals surface area contributed by atoms with E-state index in [9.17, 15) is 0 Å². The third-order valence-electron chi connectivity index (χ3n) is 3.38. The molecule has 0 bridgehead atoms. The Kier molecular flexibility index (Phi) is 4.45. The van der Waals surface area contributed by atoms with Gasteiger partial charge in [-0.3, -0.25) is 0 Å². The predicted molar refractivity (Wildman–Crippen MR) is 78.5 cm³/mol. The minimum atomic E-state index is -1.02. The second-order valence-corrected chi connectivity index (χ2v) is 31.2. The molecule has 0 aliphatic heterocycles. The van der Waals surface area contributed by atoms with E-state index >= 15 is 0 Å². The van der Waals surface area contributed by atoms with E-state index < -0.39 is 24.2 Å². The van der Waals surface area contributed by atoms with E-state index in [0.29, 0.717) is 0 Å². The van der Waals surface area contributed by atoms with Gasteiger partial charge in [0, 0.05) is 0 Å². The molecule has 0 aromatic rings. The quantitative estimate of drug-likeness (QED) is 0.677. The molecule has 0 aliphatic carbocycles. The predicted octanol–water partition coefficient (Wildman–Crippen LogP) is 3.95. The topological polar surface area (TPSA) is 0 Å². The van der Waals surface area contributed by atoms with E-state index in [4.69, 9.17) is 0 Å². The third-order valence-corrected chi connectivity index (χ3v) is 42.9. The molecule has 14 heavy (non-hydrogen) atoms. The Morgan fingerprint density at radius 2 is 0.714 bits per heavy atom. The molecule has 0 fully saturated rings. The van der Waals surface area contributed by atoms with Crippen LogP contribution in [0.3, 0.4) is 0 Å². The molecule has 0 aromatic carbocycles. The molecule has 0 spiro atoms. The molecule has 0 atom stereocenters. The molecule has 0 saturated heterocycles. The molecule has 0 rings (SSSR count). The summed E-state index contributed by atoms with van der Waals surface area (Å²) in [4.78, 5) is 0. The van der Waals surface area contributed by atoms with Gasteiger partial charge in [-0.05, 0) is 0 Å². The van der Waals surface area contributed by atoms with Crippen LogP contribution in [0, 0.1) is 0 Å². The summed E-state index contributed by atoms with van der Waals surface area (Å²) >= 11 is 1.85. The molecule has 0 heterocycles. The molecular formula is C10H27Si3Sn+3. The summed E-state index contributed by atoms with van der Waals surface area (Å²) in [5.41, 5.74) is 0. The molecule has 0 amide bonds. The van der Waals surface area contributed by atoms with Crippen LogP contribution in [-0.4, -0.2) is 46.7 Å². The van der Waals surface area contributed by atoms with Gasteiger partial charge in [0.2, 0.25) is 0 Å². The van der Waals surface area contributed by atoms with Crippen LogP contribution in [0.25, 0.3) is 0 Å². The first-order valence-electron chi connectivity index (χ1n) is 5.50. The van der Waals surface area contributed by atoms with Crippen molar-refractivity contribution in [1.29, 1.82) is 0 Å². The standard InChI is InChI=1S/C10H27Si3.Sn/c1-11(2,3)10(12(4,5)6)13(7,8)9;/h1-9H3;/q;+3. The Morgan fingerprint density at radius 3 is 0.714 bits per heavy atom. The molecule has 0 nitrogen and oxygen atoms in total. The van der Waals surface area contributed by atoms with Gasteiger partial charge < -0.3 is 0 Å². The Bertz CT molecular complexity index is 169. The first-order valence-corrected chi connectivity index (χ1v) is 17.4. The van der Waals surface area contributed by atoms with Crippen LogP contribution in [0.15, 0.2) is 0 Å². The zero-order valence-electron chi connectivity index (χ0n) is 11.5. The van der Waals surface area contributed by atoms with E-state index in [1.807, 2.05) is 22.5 Å². The maximum atomic E-state index is 2.60. The Morgan fingerprint density at radius 1 is 0.571 bits per heavy atom. The van der Waals surface area contributed by atoms with Crippen molar-refractivity contribution >= 4 is 46.7 Å². The number of rotatable bonds is 3. The fourth-order valence-corrected chi connectivity index (χ4v) is 30.4. The summed E-state index contributed by atoms with van der Waals surface area (Å²) in [6, 6.07) is 0. The second kappa shape index (κ2) is 4.04. The summed E-state index contributed by atoms with van der Waals surface area (Å²) in [6.45, 7) is 23.4. The summed E-state index contributed by atoms with van der Waals surface area (Å²) in [5, 5.41) is 0. The molecule has 0 unspecified atom stereocenters. The average Bonchev–Trinajstić information content (AvgIpc) is 1.77. The second-order valence-electron chi connectivity index (χ2n) is 7.50. The monoisotopic (exact) mass is 351 g/mol. The molecule has 0 N–H and O–H groups in total. The van der Waals surface area contributed by atoms with Crippen LogP contribution in [-0.2, 0) is 0 Å². The molecule has 0 radical (unpaired) electrons. The first-order chi connectivity index (χ1) is 5.75. The van der Waals surface area contributed by atoms with Gasteiger partial charge in [0.1, 0.15) is 0 Å². The van der Waals surface area contributed by atoms with Gasteiger partial charge in [0.25, 0.3) is 0 Å². The van der Waals surface area contributed by atoms with Crippen LogP contribution < -0.4 is 0 Å². The normalized spacial score (nSPS) is 15.9. The maximum absolute atomic E-state index is 2.60. The van der Waals surface area contributed by atoms with Crippen molar-refractivity contribution in [1.82, 2.24) is 0 Å². The summed E-state index contributed by atoms with van der Waals surface area (Å²) in [6.07, 6.45) is 0. The zero-order chi connectivity index (χ0) is 12.0. The molecule has 0 aliphatic rings. The minimum absolute atomic E-state index is 0.819. The Hall–Kier alpha value is 1.45. The molecule has 4 heteroatoms. The van der Waals surface area contributed by atoms with Crippen molar-refractivity contribution in [3.63, 3.8) is 0 Å². The zero-order valence-corrected chi connectivity index (χ0v) is 17.4. The van der Waals surface area contributed by atoms with Gasteiger partial charge in [0.05, 0.1) is 0 Å². The van der Waals surface area contributed by atoms with E-state index in [1.165, 1.54) is 0 Å². The van der Waals surface area contributed by atoms with E-state index in [0.717, 1.165) is 2.30 Å². The van der Waals surface area contributed by atoms with Crippen molar-refractivity contribution < 1.29 is 0 Å². The molecule has 0 aromatic heterocycles. The van der Waals surface area contributed by atoms with Crippen molar-refractivity contribution in [2.45, 2.75) is 61.2 Å². The fourth-order valence-electron chi connectivity index (χ4n) is 3.38. The third kappa shape index (κ3) is 2.58. The van der Waals surface area contributed by atoms with E-state index in [-0.39, 0.29) is 0 Å². The molecule has 0 saturated carbocycles. The van der Waals surface area contributed by atoms with Crippen LogP contribution in [0.2, 0.25) is 61.2 Å². The average molecular weight is 350 g/mol. The van der Waals surface area contributed by atoms with Crippen molar-refractivity contribution in [3.8, 4) is 0 Å². The number of hydrogen-bond acceptors (Lipinski definition) is 0. The summed E-state index contributed by atoms with van der Waals surface area (Å²) in [5.74, 6) is 0.